The maximum Gasteiger partial charge on any atom is 0.422 e. The Morgan fingerprint density at radius 3 is 2.52 bits per heavy atom. The third-order valence-corrected chi connectivity index (χ3v) is 3.68. The maximum atomic E-state index is 12.2. The maximum absolute atomic E-state index is 12.2. The summed E-state index contributed by atoms with van der Waals surface area (Å²) in [6, 6.07) is 9.16. The van der Waals surface area contributed by atoms with Crippen molar-refractivity contribution in [2.75, 3.05) is 11.9 Å². The van der Waals surface area contributed by atoms with E-state index >= 15 is 0 Å². The summed E-state index contributed by atoms with van der Waals surface area (Å²) in [7, 11) is 0. The van der Waals surface area contributed by atoms with Gasteiger partial charge in [-0.15, -0.1) is 0 Å². The fraction of sp³-hybridized carbons (Fsp3) is 0.278. The number of carbonyl (C=O) groups excluding carboxylic acids is 2. The molecule has 6 nitrogen and oxygen atoms in total. The molecule has 0 radical (unpaired) electrons. The minimum absolute atomic E-state index is 0.141. The molecule has 27 heavy (non-hydrogen) atoms. The van der Waals surface area contributed by atoms with Gasteiger partial charge in [-0.1, -0.05) is 6.07 Å². The van der Waals surface area contributed by atoms with E-state index in [1.807, 2.05) is 0 Å². The quantitative estimate of drug-likeness (QED) is 0.808. The van der Waals surface area contributed by atoms with Crippen LogP contribution in [0.3, 0.4) is 0 Å². The van der Waals surface area contributed by atoms with E-state index in [-0.39, 0.29) is 23.4 Å². The van der Waals surface area contributed by atoms with Crippen molar-refractivity contribution in [1.82, 2.24) is 10.3 Å². The average molecular weight is 379 g/mol. The number of halogens is 3. The molecule has 0 unspecified atom stereocenters. The second-order valence-corrected chi connectivity index (χ2v) is 6.07. The van der Waals surface area contributed by atoms with E-state index in [1.54, 1.807) is 24.3 Å². The first-order chi connectivity index (χ1) is 12.8. The number of benzene rings is 1. The summed E-state index contributed by atoms with van der Waals surface area (Å²) in [4.78, 5) is 28.0. The Hall–Kier alpha value is -3.10. The molecule has 0 saturated heterocycles. The number of ether oxygens (including phenoxy) is 1. The summed E-state index contributed by atoms with van der Waals surface area (Å²) in [5.41, 5.74) is 0.983. The molecule has 0 spiro atoms. The highest BCUT2D eigenvalue weighted by Crippen LogP contribution is 2.20. The average Bonchev–Trinajstić information content (AvgIpc) is 3.44. The van der Waals surface area contributed by atoms with Gasteiger partial charge in [-0.05, 0) is 37.1 Å². The van der Waals surface area contributed by atoms with Crippen LogP contribution in [0.2, 0.25) is 0 Å². The number of aromatic nitrogens is 1. The van der Waals surface area contributed by atoms with E-state index in [1.165, 1.54) is 12.1 Å². The van der Waals surface area contributed by atoms with E-state index in [2.05, 4.69) is 20.4 Å². The fourth-order valence-corrected chi connectivity index (χ4v) is 2.19. The number of nitrogens with one attached hydrogen (secondary N) is 2. The number of carbonyl (C=O) groups is 2. The second kappa shape index (κ2) is 7.65. The molecular formula is C18H16F3N3O3. The van der Waals surface area contributed by atoms with Crippen LogP contribution in [-0.4, -0.2) is 35.6 Å². The van der Waals surface area contributed by atoms with E-state index in [0.29, 0.717) is 11.3 Å². The van der Waals surface area contributed by atoms with Gasteiger partial charge in [-0.25, -0.2) is 4.98 Å². The van der Waals surface area contributed by atoms with Crippen LogP contribution < -0.4 is 15.4 Å². The lowest BCUT2D eigenvalue weighted by Crippen LogP contribution is -2.25. The van der Waals surface area contributed by atoms with Crippen LogP contribution in [-0.2, 0) is 0 Å². The first kappa shape index (κ1) is 18.7. The van der Waals surface area contributed by atoms with Crippen molar-refractivity contribution in [3.05, 3.63) is 53.7 Å². The predicted molar refractivity (Wildman–Crippen MR) is 90.7 cm³/mol. The van der Waals surface area contributed by atoms with Crippen molar-refractivity contribution < 1.29 is 27.5 Å². The predicted octanol–water partition coefficient (Wildman–Crippen LogP) is 3.17. The van der Waals surface area contributed by atoms with Gasteiger partial charge in [-0.2, -0.15) is 13.2 Å². The molecule has 1 fully saturated rings. The molecule has 1 aliphatic carbocycles. The highest BCUT2D eigenvalue weighted by molar-refractivity contribution is 6.05. The minimum Gasteiger partial charge on any atom is -0.468 e. The standard InChI is InChI=1S/C18H16F3N3O3/c19-18(20,21)10-27-15-7-4-12(9-22-15)17(26)24-14-3-1-2-11(8-14)16(25)23-13-5-6-13/h1-4,7-9,13H,5-6,10H2,(H,23,25)(H,24,26). The summed E-state index contributed by atoms with van der Waals surface area (Å²) >= 11 is 0. The first-order valence-corrected chi connectivity index (χ1v) is 8.18. The van der Waals surface area contributed by atoms with Crippen LogP contribution in [0.25, 0.3) is 0 Å². The summed E-state index contributed by atoms with van der Waals surface area (Å²) < 4.78 is 40.8. The largest absolute Gasteiger partial charge is 0.468 e. The molecule has 1 aromatic carbocycles. The van der Waals surface area contributed by atoms with Crippen molar-refractivity contribution in [3.63, 3.8) is 0 Å². The van der Waals surface area contributed by atoms with E-state index in [9.17, 15) is 22.8 Å². The van der Waals surface area contributed by atoms with Crippen LogP contribution in [0.4, 0.5) is 18.9 Å². The summed E-state index contributed by atoms with van der Waals surface area (Å²) in [5.74, 6) is -0.950. The molecule has 9 heteroatoms. The third-order valence-electron chi connectivity index (χ3n) is 3.68. The van der Waals surface area contributed by atoms with E-state index in [4.69, 9.17) is 0 Å². The van der Waals surface area contributed by atoms with Gasteiger partial charge in [0.2, 0.25) is 5.88 Å². The molecule has 0 bridgehead atoms. The molecule has 1 aromatic heterocycles. The van der Waals surface area contributed by atoms with Crippen LogP contribution >= 0.6 is 0 Å². The van der Waals surface area contributed by atoms with Gasteiger partial charge in [0.05, 0.1) is 5.56 Å². The highest BCUT2D eigenvalue weighted by Gasteiger charge is 2.28. The molecule has 2 N–H and O–H groups in total. The van der Waals surface area contributed by atoms with Crippen LogP contribution in [0.1, 0.15) is 33.6 Å². The number of anilines is 1. The van der Waals surface area contributed by atoms with Gasteiger partial charge >= 0.3 is 6.18 Å². The zero-order valence-electron chi connectivity index (χ0n) is 14.0. The number of hydrogen-bond donors (Lipinski definition) is 2. The lowest BCUT2D eigenvalue weighted by Gasteiger charge is -2.09. The lowest BCUT2D eigenvalue weighted by atomic mass is 10.1. The monoisotopic (exact) mass is 379 g/mol. The van der Waals surface area contributed by atoms with Gasteiger partial charge < -0.3 is 15.4 Å². The summed E-state index contributed by atoms with van der Waals surface area (Å²) in [6.45, 7) is -1.46. The van der Waals surface area contributed by atoms with Gasteiger partial charge in [0, 0.05) is 29.6 Å². The Morgan fingerprint density at radius 2 is 1.89 bits per heavy atom. The number of pyridine rings is 1. The molecule has 1 aliphatic rings. The Bertz CT molecular complexity index is 834. The van der Waals surface area contributed by atoms with Crippen molar-refractivity contribution in [1.29, 1.82) is 0 Å². The summed E-state index contributed by atoms with van der Waals surface area (Å²) in [5, 5.41) is 5.47. The molecule has 1 heterocycles. The number of alkyl halides is 3. The second-order valence-electron chi connectivity index (χ2n) is 6.07. The molecule has 2 aromatic rings. The molecule has 0 aliphatic heterocycles. The SMILES string of the molecule is O=C(Nc1cccc(C(=O)NC2CC2)c1)c1ccc(OCC(F)(F)F)nc1. The Balaban J connectivity index is 1.60. The molecule has 1 saturated carbocycles. The van der Waals surface area contributed by atoms with Gasteiger partial charge in [-0.3, -0.25) is 9.59 Å². The topological polar surface area (TPSA) is 80.3 Å². The molecule has 142 valence electrons. The van der Waals surface area contributed by atoms with Crippen LogP contribution in [0, 0.1) is 0 Å². The smallest absolute Gasteiger partial charge is 0.422 e. The number of hydrogen-bond acceptors (Lipinski definition) is 4. The Kier molecular flexibility index (Phi) is 5.29. The minimum atomic E-state index is -4.46. The molecule has 0 atom stereocenters. The number of nitrogens with zero attached hydrogens (tertiary/aromatic N) is 1. The molecule has 2 amide bonds. The van der Waals surface area contributed by atoms with E-state index < -0.39 is 18.7 Å². The van der Waals surface area contributed by atoms with Crippen molar-refractivity contribution in [2.24, 2.45) is 0 Å². The van der Waals surface area contributed by atoms with Crippen molar-refractivity contribution in [3.8, 4) is 5.88 Å². The lowest BCUT2D eigenvalue weighted by molar-refractivity contribution is -0.154. The number of amides is 2. The first-order valence-electron chi connectivity index (χ1n) is 8.18. The van der Waals surface area contributed by atoms with E-state index in [0.717, 1.165) is 19.0 Å². The zero-order chi connectivity index (χ0) is 19.4. The Morgan fingerprint density at radius 1 is 1.11 bits per heavy atom. The van der Waals surface area contributed by atoms with Crippen LogP contribution in [0.15, 0.2) is 42.6 Å². The third kappa shape index (κ3) is 5.70. The zero-order valence-corrected chi connectivity index (χ0v) is 14.0. The van der Waals surface area contributed by atoms with Gasteiger partial charge in [0.15, 0.2) is 6.61 Å². The highest BCUT2D eigenvalue weighted by atomic mass is 19.4. The fourth-order valence-electron chi connectivity index (χ4n) is 2.19. The Labute approximate surface area is 152 Å². The van der Waals surface area contributed by atoms with Crippen molar-refractivity contribution >= 4 is 17.5 Å². The number of rotatable bonds is 6. The van der Waals surface area contributed by atoms with Gasteiger partial charge in [0.1, 0.15) is 0 Å². The van der Waals surface area contributed by atoms with Crippen LogP contribution in [0.5, 0.6) is 5.88 Å². The van der Waals surface area contributed by atoms with Gasteiger partial charge in [0.25, 0.3) is 11.8 Å². The normalized spacial score (nSPS) is 13.7. The molecular weight excluding hydrogens is 363 g/mol. The van der Waals surface area contributed by atoms with Crippen molar-refractivity contribution in [2.45, 2.75) is 25.1 Å². The summed E-state index contributed by atoms with van der Waals surface area (Å²) in [6.07, 6.45) is -1.41. The molecule has 3 rings (SSSR count).